The van der Waals surface area contributed by atoms with Crippen molar-refractivity contribution in [1.82, 2.24) is 4.57 Å². The summed E-state index contributed by atoms with van der Waals surface area (Å²) in [6.45, 7) is 8.99. The molecule has 0 radical (unpaired) electrons. The second kappa shape index (κ2) is 15.2. The highest BCUT2D eigenvalue weighted by molar-refractivity contribution is 6.11. The van der Waals surface area contributed by atoms with E-state index < -0.39 is 0 Å². The maximum absolute atomic E-state index is 2.45. The molecule has 1 aliphatic rings. The number of rotatable bonds is 9. The van der Waals surface area contributed by atoms with Gasteiger partial charge in [0, 0.05) is 38.9 Å². The van der Waals surface area contributed by atoms with Gasteiger partial charge in [-0.2, -0.15) is 0 Å². The van der Waals surface area contributed by atoms with Crippen LogP contribution < -0.4 is 4.90 Å². The van der Waals surface area contributed by atoms with Gasteiger partial charge in [-0.3, -0.25) is 0 Å². The summed E-state index contributed by atoms with van der Waals surface area (Å²) in [5, 5.41) is 2.57. The molecule has 0 spiro atoms. The third kappa shape index (κ3) is 6.37. The van der Waals surface area contributed by atoms with E-state index in [0.29, 0.717) is 0 Å². The highest BCUT2D eigenvalue weighted by atomic mass is 15.1. The van der Waals surface area contributed by atoms with Crippen LogP contribution in [0.4, 0.5) is 17.1 Å². The molecule has 0 N–H and O–H groups in total. The molecule has 0 saturated carbocycles. The van der Waals surface area contributed by atoms with Gasteiger partial charge in [-0.15, -0.1) is 0 Å². The van der Waals surface area contributed by atoms with Gasteiger partial charge in [0.15, 0.2) is 0 Å². The van der Waals surface area contributed by atoms with Crippen molar-refractivity contribution in [2.45, 2.75) is 39.5 Å². The molecule has 0 atom stereocenters. The molecule has 290 valence electrons. The van der Waals surface area contributed by atoms with Crippen molar-refractivity contribution in [3.05, 3.63) is 223 Å². The van der Waals surface area contributed by atoms with Crippen LogP contribution in [0.15, 0.2) is 206 Å². The lowest BCUT2D eigenvalue weighted by Gasteiger charge is -2.26. The van der Waals surface area contributed by atoms with E-state index in [1.165, 1.54) is 77.5 Å². The predicted molar refractivity (Wildman–Crippen MR) is 257 cm³/mol. The Bertz CT molecular complexity index is 3050. The molecule has 10 rings (SSSR count). The summed E-state index contributed by atoms with van der Waals surface area (Å²) in [5.41, 5.74) is 19.7. The van der Waals surface area contributed by atoms with E-state index in [9.17, 15) is 0 Å². The third-order valence-electron chi connectivity index (χ3n) is 12.4. The number of allylic oxidation sites excluding steroid dienone is 4. The van der Waals surface area contributed by atoms with E-state index in [0.717, 1.165) is 29.2 Å². The van der Waals surface area contributed by atoms with Crippen molar-refractivity contribution in [2.24, 2.45) is 0 Å². The highest BCUT2D eigenvalue weighted by Crippen LogP contribution is 2.51. The molecule has 0 bridgehead atoms. The number of fused-ring (bicyclic) bond motifs is 6. The first-order chi connectivity index (χ1) is 29.4. The Kier molecular flexibility index (Phi) is 9.42. The third-order valence-corrected chi connectivity index (χ3v) is 12.4. The van der Waals surface area contributed by atoms with Gasteiger partial charge in [0.05, 0.1) is 11.0 Å². The fourth-order valence-electron chi connectivity index (χ4n) is 9.41. The lowest BCUT2D eigenvalue weighted by molar-refractivity contribution is 0.661. The Morgan fingerprint density at radius 3 is 1.70 bits per heavy atom. The molecule has 0 unspecified atom stereocenters. The number of aromatic nitrogens is 1. The zero-order chi connectivity index (χ0) is 40.8. The van der Waals surface area contributed by atoms with Gasteiger partial charge in [-0.25, -0.2) is 0 Å². The van der Waals surface area contributed by atoms with E-state index in [2.05, 4.69) is 243 Å². The molecule has 2 heteroatoms. The van der Waals surface area contributed by atoms with E-state index in [1.54, 1.807) is 0 Å². The number of hydrogen-bond acceptors (Lipinski definition) is 1. The van der Waals surface area contributed by atoms with Crippen LogP contribution in [0.5, 0.6) is 0 Å². The SMILES string of the molecule is C/C=C\C(=C/CC)c1ccc(N(c2ccc(-c3ccccc3)cc2)c2ccc(-c3ccc(-n4c5ccccc5c5cc6c(cc54)C(C)(C)c4ccccc4-6)cc3)cc2)cc1. The van der Waals surface area contributed by atoms with Crippen LogP contribution in [0.1, 0.15) is 50.8 Å². The second-order valence-electron chi connectivity index (χ2n) is 16.4. The van der Waals surface area contributed by atoms with Crippen LogP contribution in [0.25, 0.3) is 66.4 Å². The summed E-state index contributed by atoms with van der Waals surface area (Å²) >= 11 is 0. The molecule has 0 amide bonds. The lowest BCUT2D eigenvalue weighted by atomic mass is 9.82. The van der Waals surface area contributed by atoms with Gasteiger partial charge in [0.2, 0.25) is 0 Å². The normalized spacial score (nSPS) is 13.2. The summed E-state index contributed by atoms with van der Waals surface area (Å²) < 4.78 is 2.45. The molecule has 0 saturated heterocycles. The Morgan fingerprint density at radius 2 is 1.07 bits per heavy atom. The number of anilines is 3. The highest BCUT2D eigenvalue weighted by Gasteiger charge is 2.36. The van der Waals surface area contributed by atoms with E-state index in [-0.39, 0.29) is 5.41 Å². The molecule has 60 heavy (non-hydrogen) atoms. The molecule has 9 aromatic rings. The van der Waals surface area contributed by atoms with Gasteiger partial charge in [-0.05, 0) is 136 Å². The molecule has 0 fully saturated rings. The Hall–Kier alpha value is -7.16. The standard InChI is InChI=1S/C58H48N2/c1-5-14-40(15-6-2)42-22-30-46(31-23-42)59(47-32-24-43(25-33-47)41-16-8-7-9-17-41)48-34-26-44(27-35-48)45-28-36-49(37-29-45)60-56-21-13-11-19-51(56)53-38-52-50-18-10-12-20-54(50)58(3,4)55(52)39-57(53)60/h5,7-39H,6H2,1-4H3/b14-5-,40-15+. The molecule has 1 heterocycles. The van der Waals surface area contributed by atoms with Crippen LogP contribution >= 0.6 is 0 Å². The van der Waals surface area contributed by atoms with Crippen LogP contribution in [-0.4, -0.2) is 4.57 Å². The number of benzene rings is 8. The number of nitrogens with zero attached hydrogens (tertiary/aromatic N) is 2. The molecular formula is C58H48N2. The molecular weight excluding hydrogens is 725 g/mol. The number of hydrogen-bond donors (Lipinski definition) is 0. The maximum Gasteiger partial charge on any atom is 0.0544 e. The summed E-state index contributed by atoms with van der Waals surface area (Å²) in [7, 11) is 0. The second-order valence-corrected chi connectivity index (χ2v) is 16.4. The predicted octanol–water partition coefficient (Wildman–Crippen LogP) is 16.3. The molecule has 8 aromatic carbocycles. The van der Waals surface area contributed by atoms with Gasteiger partial charge in [0.1, 0.15) is 0 Å². The van der Waals surface area contributed by atoms with Crippen molar-refractivity contribution in [3.63, 3.8) is 0 Å². The van der Waals surface area contributed by atoms with Crippen molar-refractivity contribution < 1.29 is 0 Å². The zero-order valence-corrected chi connectivity index (χ0v) is 34.7. The summed E-state index contributed by atoms with van der Waals surface area (Å²) in [6.07, 6.45) is 7.58. The largest absolute Gasteiger partial charge is 0.311 e. The topological polar surface area (TPSA) is 8.17 Å². The maximum atomic E-state index is 2.45. The fraction of sp³-hybridized carbons (Fsp3) is 0.103. The van der Waals surface area contributed by atoms with Gasteiger partial charge < -0.3 is 9.47 Å². The van der Waals surface area contributed by atoms with Gasteiger partial charge in [0.25, 0.3) is 0 Å². The molecule has 1 aliphatic carbocycles. The fourth-order valence-corrected chi connectivity index (χ4v) is 9.41. The smallest absolute Gasteiger partial charge is 0.0544 e. The van der Waals surface area contributed by atoms with Crippen LogP contribution in [0, 0.1) is 0 Å². The molecule has 0 aliphatic heterocycles. The summed E-state index contributed by atoms with van der Waals surface area (Å²) in [6, 6.07) is 69.2. The first kappa shape index (κ1) is 37.1. The van der Waals surface area contributed by atoms with E-state index in [4.69, 9.17) is 0 Å². The van der Waals surface area contributed by atoms with Crippen molar-refractivity contribution in [2.75, 3.05) is 4.90 Å². The summed E-state index contributed by atoms with van der Waals surface area (Å²) in [5.74, 6) is 0. The van der Waals surface area contributed by atoms with Gasteiger partial charge >= 0.3 is 0 Å². The monoisotopic (exact) mass is 772 g/mol. The van der Waals surface area contributed by atoms with Crippen LogP contribution in [0.3, 0.4) is 0 Å². The average Bonchev–Trinajstić information content (AvgIpc) is 3.74. The minimum absolute atomic E-state index is 0.0657. The molecule has 2 nitrogen and oxygen atoms in total. The molecule has 1 aromatic heterocycles. The quantitative estimate of drug-likeness (QED) is 0.133. The Morgan fingerprint density at radius 1 is 0.517 bits per heavy atom. The van der Waals surface area contributed by atoms with E-state index >= 15 is 0 Å². The first-order valence-electron chi connectivity index (χ1n) is 21.2. The summed E-state index contributed by atoms with van der Waals surface area (Å²) in [4.78, 5) is 2.35. The first-order valence-corrected chi connectivity index (χ1v) is 21.2. The minimum Gasteiger partial charge on any atom is -0.311 e. The Balaban J connectivity index is 1.000. The van der Waals surface area contributed by atoms with Crippen LogP contribution in [0.2, 0.25) is 0 Å². The van der Waals surface area contributed by atoms with Crippen molar-refractivity contribution in [1.29, 1.82) is 0 Å². The minimum atomic E-state index is -0.0657. The number of para-hydroxylation sites is 1. The Labute approximate surface area is 354 Å². The lowest BCUT2D eigenvalue weighted by Crippen LogP contribution is -2.14. The average molecular weight is 773 g/mol. The van der Waals surface area contributed by atoms with Crippen LogP contribution in [-0.2, 0) is 5.41 Å². The van der Waals surface area contributed by atoms with Crippen molar-refractivity contribution in [3.8, 4) is 39.1 Å². The zero-order valence-electron chi connectivity index (χ0n) is 34.7. The van der Waals surface area contributed by atoms with Crippen molar-refractivity contribution >= 4 is 44.4 Å². The van der Waals surface area contributed by atoms with Gasteiger partial charge in [-0.1, -0.05) is 160 Å². The van der Waals surface area contributed by atoms with E-state index in [1.807, 2.05) is 0 Å².